The van der Waals surface area contributed by atoms with Crippen LogP contribution in [0, 0.1) is 17.5 Å². The van der Waals surface area contributed by atoms with Gasteiger partial charge in [-0.2, -0.15) is 0 Å². The van der Waals surface area contributed by atoms with Crippen molar-refractivity contribution in [3.8, 4) is 16.9 Å². The third-order valence-corrected chi connectivity index (χ3v) is 3.90. The van der Waals surface area contributed by atoms with Crippen LogP contribution < -0.4 is 9.64 Å². The molecule has 0 heterocycles. The molecule has 0 spiro atoms. The number of carboxylic acids is 1. The van der Waals surface area contributed by atoms with Crippen molar-refractivity contribution >= 4 is 11.7 Å². The minimum absolute atomic E-state index is 0.0924. The molecule has 0 unspecified atom stereocenters. The van der Waals surface area contributed by atoms with Gasteiger partial charge in [0, 0.05) is 25.6 Å². The van der Waals surface area contributed by atoms with Gasteiger partial charge in [0.25, 0.3) is 0 Å². The van der Waals surface area contributed by atoms with Gasteiger partial charge in [0.15, 0.2) is 0 Å². The molecular weight excluding hydrogens is 359 g/mol. The molecule has 0 saturated heterocycles. The summed E-state index contributed by atoms with van der Waals surface area (Å²) < 4.78 is 48.5. The number of aliphatic carboxylic acids is 1. The summed E-state index contributed by atoms with van der Waals surface area (Å²) in [6, 6.07) is 6.05. The van der Waals surface area contributed by atoms with E-state index in [1.165, 1.54) is 30.1 Å². The second-order valence-corrected chi connectivity index (χ2v) is 6.51. The molecule has 0 fully saturated rings. The van der Waals surface area contributed by atoms with E-state index in [0.717, 1.165) is 12.1 Å². The second-order valence-electron chi connectivity index (χ2n) is 6.51. The second kappa shape index (κ2) is 8.79. The first-order chi connectivity index (χ1) is 12.7. The number of benzene rings is 2. The number of hydrogen-bond donors (Lipinski definition) is 1. The molecule has 2 rings (SSSR count). The first kappa shape index (κ1) is 20.6. The first-order valence-corrected chi connectivity index (χ1v) is 8.57. The van der Waals surface area contributed by atoms with E-state index in [2.05, 4.69) is 0 Å². The van der Waals surface area contributed by atoms with Crippen LogP contribution in [0.4, 0.5) is 18.9 Å². The Morgan fingerprint density at radius 2 is 1.78 bits per heavy atom. The molecule has 2 aromatic carbocycles. The highest BCUT2D eigenvalue weighted by Gasteiger charge is 2.18. The fraction of sp³-hybridized carbons (Fsp3) is 0.350. The summed E-state index contributed by atoms with van der Waals surface area (Å²) in [5.74, 6) is -2.82. The Balaban J connectivity index is 2.36. The predicted octanol–water partition coefficient (Wildman–Crippen LogP) is 4.86. The highest BCUT2D eigenvalue weighted by Crippen LogP contribution is 2.35. The van der Waals surface area contributed by atoms with Crippen LogP contribution in [-0.4, -0.2) is 30.8 Å². The average Bonchev–Trinajstić information content (AvgIpc) is 2.55. The molecule has 1 N–H and O–H groups in total. The van der Waals surface area contributed by atoms with Gasteiger partial charge in [0.1, 0.15) is 28.9 Å². The van der Waals surface area contributed by atoms with Crippen molar-refractivity contribution in [1.82, 2.24) is 0 Å². The highest BCUT2D eigenvalue weighted by molar-refractivity contribution is 5.73. The monoisotopic (exact) mass is 381 g/mol. The van der Waals surface area contributed by atoms with Gasteiger partial charge in [-0.05, 0) is 56.2 Å². The molecule has 0 bridgehead atoms. The zero-order chi connectivity index (χ0) is 20.1. The van der Waals surface area contributed by atoms with E-state index in [1.807, 2.05) is 0 Å². The molecule has 27 heavy (non-hydrogen) atoms. The summed E-state index contributed by atoms with van der Waals surface area (Å²) >= 11 is 0. The van der Waals surface area contributed by atoms with Gasteiger partial charge in [-0.3, -0.25) is 4.79 Å². The number of hydrogen-bond acceptors (Lipinski definition) is 3. The predicted molar refractivity (Wildman–Crippen MR) is 97.7 cm³/mol. The number of anilines is 1. The van der Waals surface area contributed by atoms with E-state index < -0.39 is 23.4 Å². The quantitative estimate of drug-likeness (QED) is 0.710. The number of nitrogens with zero attached hydrogens (tertiary/aromatic N) is 1. The fourth-order valence-electron chi connectivity index (χ4n) is 2.75. The molecule has 0 aliphatic heterocycles. The van der Waals surface area contributed by atoms with E-state index in [4.69, 9.17) is 9.84 Å². The maximum Gasteiger partial charge on any atom is 0.303 e. The zero-order valence-corrected chi connectivity index (χ0v) is 15.4. The van der Waals surface area contributed by atoms with Crippen LogP contribution in [0.2, 0.25) is 0 Å². The summed E-state index contributed by atoms with van der Waals surface area (Å²) in [4.78, 5) is 11.9. The molecule has 7 heteroatoms. The van der Waals surface area contributed by atoms with E-state index in [-0.39, 0.29) is 42.3 Å². The van der Waals surface area contributed by atoms with Crippen molar-refractivity contribution in [1.29, 1.82) is 0 Å². The van der Waals surface area contributed by atoms with Gasteiger partial charge >= 0.3 is 5.97 Å². The van der Waals surface area contributed by atoms with Crippen molar-refractivity contribution in [2.45, 2.75) is 32.8 Å². The Morgan fingerprint density at radius 3 is 2.33 bits per heavy atom. The lowest BCUT2D eigenvalue weighted by Crippen LogP contribution is -2.22. The maximum absolute atomic E-state index is 14.6. The summed E-state index contributed by atoms with van der Waals surface area (Å²) in [7, 11) is 1.48. The van der Waals surface area contributed by atoms with Crippen LogP contribution in [0.3, 0.4) is 0 Å². The van der Waals surface area contributed by atoms with Gasteiger partial charge in [-0.15, -0.1) is 0 Å². The number of carbonyl (C=O) groups is 1. The SMILES string of the molecule is CC(C)Oc1ccc(F)cc1-c1cc(F)c(N(C)CCCC(=O)O)c(F)c1. The lowest BCUT2D eigenvalue weighted by atomic mass is 10.0. The van der Waals surface area contributed by atoms with Crippen LogP contribution in [0.15, 0.2) is 30.3 Å². The van der Waals surface area contributed by atoms with E-state index in [1.54, 1.807) is 13.8 Å². The van der Waals surface area contributed by atoms with Crippen LogP contribution in [0.1, 0.15) is 26.7 Å². The van der Waals surface area contributed by atoms with Crippen molar-refractivity contribution in [2.24, 2.45) is 0 Å². The summed E-state index contributed by atoms with van der Waals surface area (Å²) in [5.41, 5.74) is 0.149. The van der Waals surface area contributed by atoms with E-state index in [0.29, 0.717) is 5.75 Å². The third-order valence-electron chi connectivity index (χ3n) is 3.90. The average molecular weight is 381 g/mol. The van der Waals surface area contributed by atoms with Gasteiger partial charge < -0.3 is 14.7 Å². The number of carboxylic acid groups (broad SMARTS) is 1. The fourth-order valence-corrected chi connectivity index (χ4v) is 2.75. The van der Waals surface area contributed by atoms with Gasteiger partial charge in [-0.1, -0.05) is 0 Å². The molecule has 4 nitrogen and oxygen atoms in total. The van der Waals surface area contributed by atoms with E-state index >= 15 is 0 Å². The molecule has 0 aromatic heterocycles. The topological polar surface area (TPSA) is 49.8 Å². The molecule has 0 aliphatic carbocycles. The molecular formula is C20H22F3NO3. The maximum atomic E-state index is 14.6. The molecule has 146 valence electrons. The Hall–Kier alpha value is -2.70. The lowest BCUT2D eigenvalue weighted by molar-refractivity contribution is -0.137. The van der Waals surface area contributed by atoms with Crippen LogP contribution in [0.5, 0.6) is 5.75 Å². The van der Waals surface area contributed by atoms with Gasteiger partial charge in [0.05, 0.1) is 6.10 Å². The van der Waals surface area contributed by atoms with Crippen molar-refractivity contribution in [3.05, 3.63) is 47.8 Å². The van der Waals surface area contributed by atoms with Crippen LogP contribution in [0.25, 0.3) is 11.1 Å². The Morgan fingerprint density at radius 1 is 1.15 bits per heavy atom. The smallest absolute Gasteiger partial charge is 0.303 e. The summed E-state index contributed by atoms with van der Waals surface area (Å²) in [5, 5.41) is 8.67. The molecule has 0 radical (unpaired) electrons. The molecule has 0 saturated carbocycles. The third kappa shape index (κ3) is 5.39. The molecule has 2 aromatic rings. The molecule has 0 aliphatic rings. The van der Waals surface area contributed by atoms with Crippen molar-refractivity contribution in [2.75, 3.05) is 18.5 Å². The van der Waals surface area contributed by atoms with Gasteiger partial charge in [0.2, 0.25) is 0 Å². The van der Waals surface area contributed by atoms with Crippen molar-refractivity contribution < 1.29 is 27.8 Å². The number of halogens is 3. The number of ether oxygens (including phenoxy) is 1. The minimum atomic E-state index is -0.969. The minimum Gasteiger partial charge on any atom is -0.490 e. The largest absolute Gasteiger partial charge is 0.490 e. The Bertz CT molecular complexity index is 801. The normalized spacial score (nSPS) is 10.9. The summed E-state index contributed by atoms with van der Waals surface area (Å²) in [6.07, 6.45) is -0.0309. The highest BCUT2D eigenvalue weighted by atomic mass is 19.1. The van der Waals surface area contributed by atoms with Gasteiger partial charge in [-0.25, -0.2) is 13.2 Å². The Labute approximate surface area is 156 Å². The molecule has 0 atom stereocenters. The zero-order valence-electron chi connectivity index (χ0n) is 15.4. The van der Waals surface area contributed by atoms with E-state index in [9.17, 15) is 18.0 Å². The Kier molecular flexibility index (Phi) is 6.71. The van der Waals surface area contributed by atoms with Crippen LogP contribution >= 0.6 is 0 Å². The van der Waals surface area contributed by atoms with Crippen molar-refractivity contribution in [3.63, 3.8) is 0 Å². The first-order valence-electron chi connectivity index (χ1n) is 8.57. The standard InChI is InChI=1S/C20H22F3NO3/c1-12(2)27-18-7-6-14(21)11-15(18)13-9-16(22)20(17(23)10-13)24(3)8-4-5-19(25)26/h6-7,9-12H,4-5,8H2,1-3H3,(H,25,26). The molecule has 0 amide bonds. The van der Waals surface area contributed by atoms with Crippen LogP contribution in [-0.2, 0) is 4.79 Å². The lowest BCUT2D eigenvalue weighted by Gasteiger charge is -2.21. The summed E-state index contributed by atoms with van der Waals surface area (Å²) in [6.45, 7) is 3.77. The number of rotatable bonds is 8.